The molecule has 5 aromatic carbocycles. The van der Waals surface area contributed by atoms with Gasteiger partial charge in [0.1, 0.15) is 11.4 Å². The molecule has 0 saturated carbocycles. The summed E-state index contributed by atoms with van der Waals surface area (Å²) in [7, 11) is 0. The second-order valence-electron chi connectivity index (χ2n) is 10.9. The molecule has 9 aromatic rings. The van der Waals surface area contributed by atoms with Gasteiger partial charge >= 0.3 is 0 Å². The number of hydrogen-bond donors (Lipinski definition) is 0. The van der Waals surface area contributed by atoms with Gasteiger partial charge in [-0.3, -0.25) is 4.98 Å². The van der Waals surface area contributed by atoms with E-state index in [0.717, 1.165) is 44.4 Å². The molecule has 48 heavy (non-hydrogen) atoms. The van der Waals surface area contributed by atoms with Crippen LogP contribution in [0.1, 0.15) is 0 Å². The van der Waals surface area contributed by atoms with Crippen molar-refractivity contribution in [2.75, 3.05) is 0 Å². The van der Waals surface area contributed by atoms with E-state index in [1.54, 1.807) is 12.3 Å². The summed E-state index contributed by atoms with van der Waals surface area (Å²) < 4.78 is 22.1. The van der Waals surface area contributed by atoms with Gasteiger partial charge in [-0.15, -0.1) is 54.1 Å². The monoisotopic (exact) mass is 801 g/mol. The number of imidazole rings is 1. The molecule has 0 saturated heterocycles. The Bertz CT molecular complexity index is 2430. The molecule has 0 spiro atoms. The first-order valence-corrected chi connectivity index (χ1v) is 15.1. The summed E-state index contributed by atoms with van der Waals surface area (Å²) in [4.78, 5) is 13.8. The minimum atomic E-state index is -0.337. The van der Waals surface area contributed by atoms with Gasteiger partial charge in [0, 0.05) is 55.2 Å². The normalized spacial score (nSPS) is 10.9. The summed E-state index contributed by atoms with van der Waals surface area (Å²) in [5, 5.41) is 1.74. The van der Waals surface area contributed by atoms with E-state index in [1.807, 2.05) is 109 Å². The van der Waals surface area contributed by atoms with E-state index in [2.05, 4.69) is 39.9 Å². The summed E-state index contributed by atoms with van der Waals surface area (Å²) >= 11 is 0. The molecule has 5 nitrogen and oxygen atoms in total. The minimum Gasteiger partial charge on any atom is -0.500 e. The molecule has 233 valence electrons. The molecule has 0 atom stereocenters. The maximum Gasteiger partial charge on any atom is 0.168 e. The molecule has 0 aliphatic carbocycles. The average molecular weight is 801 g/mol. The molecule has 0 unspecified atom stereocenters. The van der Waals surface area contributed by atoms with Crippen LogP contribution in [0.25, 0.3) is 72.6 Å². The second-order valence-corrected chi connectivity index (χ2v) is 10.9. The molecule has 0 aliphatic rings. The summed E-state index contributed by atoms with van der Waals surface area (Å²) in [5.41, 5.74) is 8.34. The molecular weight excluding hydrogens is 776 g/mol. The van der Waals surface area contributed by atoms with E-state index in [1.165, 1.54) is 12.1 Å². The second kappa shape index (κ2) is 13.5. The Labute approximate surface area is 289 Å². The number of para-hydroxylation sites is 1. The summed E-state index contributed by atoms with van der Waals surface area (Å²) in [5.74, 6) is 0.324. The number of nitrogens with zero attached hydrogens (tertiary/aromatic N) is 4. The Morgan fingerprint density at radius 2 is 1.46 bits per heavy atom. The van der Waals surface area contributed by atoms with Gasteiger partial charge in [-0.05, 0) is 47.7 Å². The van der Waals surface area contributed by atoms with Gasteiger partial charge in [-0.25, -0.2) is 9.37 Å². The van der Waals surface area contributed by atoms with Crippen LogP contribution in [-0.4, -0.2) is 19.5 Å². The zero-order valence-electron chi connectivity index (χ0n) is 25.3. The Hall–Kier alpha value is -5.75. The molecule has 9 rings (SSSR count). The van der Waals surface area contributed by atoms with E-state index in [0.29, 0.717) is 28.2 Å². The molecule has 0 fully saturated rings. The van der Waals surface area contributed by atoms with Crippen LogP contribution in [0, 0.1) is 17.9 Å². The first kappa shape index (κ1) is 30.9. The number of benzene rings is 5. The third kappa shape index (κ3) is 5.93. The predicted molar refractivity (Wildman–Crippen MR) is 184 cm³/mol. The van der Waals surface area contributed by atoms with Crippen molar-refractivity contribution in [1.82, 2.24) is 19.5 Å². The van der Waals surface area contributed by atoms with Crippen LogP contribution in [0.4, 0.5) is 4.39 Å². The van der Waals surface area contributed by atoms with Crippen LogP contribution in [0.3, 0.4) is 0 Å². The van der Waals surface area contributed by atoms with Crippen molar-refractivity contribution in [2.24, 2.45) is 0 Å². The molecule has 0 bridgehead atoms. The molecule has 4 heterocycles. The molecular formula is C41H25FIrN4O-2. The first-order chi connectivity index (χ1) is 23.2. The van der Waals surface area contributed by atoms with Gasteiger partial charge < -0.3 is 14.0 Å². The molecule has 1 radical (unpaired) electrons. The molecule has 0 aliphatic heterocycles. The van der Waals surface area contributed by atoms with Crippen LogP contribution in [0.2, 0.25) is 0 Å². The van der Waals surface area contributed by atoms with Gasteiger partial charge in [-0.2, -0.15) is 0 Å². The van der Waals surface area contributed by atoms with Crippen molar-refractivity contribution in [1.29, 1.82) is 0 Å². The largest absolute Gasteiger partial charge is 0.500 e. The smallest absolute Gasteiger partial charge is 0.168 e. The van der Waals surface area contributed by atoms with Crippen LogP contribution in [0.5, 0.6) is 0 Å². The van der Waals surface area contributed by atoms with Crippen LogP contribution >= 0.6 is 0 Å². The van der Waals surface area contributed by atoms with E-state index >= 15 is 0 Å². The topological polar surface area (TPSA) is 56.7 Å². The van der Waals surface area contributed by atoms with Gasteiger partial charge in [-0.1, -0.05) is 71.6 Å². The van der Waals surface area contributed by atoms with Gasteiger partial charge in [0.2, 0.25) is 0 Å². The van der Waals surface area contributed by atoms with Crippen molar-refractivity contribution in [3.63, 3.8) is 0 Å². The van der Waals surface area contributed by atoms with E-state index in [-0.39, 0.29) is 25.9 Å². The predicted octanol–water partition coefficient (Wildman–Crippen LogP) is 10.1. The molecule has 7 heteroatoms. The number of furan rings is 1. The fourth-order valence-corrected chi connectivity index (χ4v) is 5.71. The quantitative estimate of drug-likeness (QED) is 0.166. The van der Waals surface area contributed by atoms with Crippen molar-refractivity contribution in [3.8, 4) is 39.5 Å². The number of rotatable bonds is 4. The number of halogens is 1. The maximum atomic E-state index is 13.9. The first-order valence-electron chi connectivity index (χ1n) is 15.1. The fraction of sp³-hybridized carbons (Fsp3) is 0. The van der Waals surface area contributed by atoms with E-state index in [9.17, 15) is 4.39 Å². The third-order valence-corrected chi connectivity index (χ3v) is 7.90. The van der Waals surface area contributed by atoms with Crippen molar-refractivity contribution in [3.05, 3.63) is 170 Å². The number of fused-ring (bicyclic) bond motifs is 4. The Morgan fingerprint density at radius 1 is 0.667 bits per heavy atom. The van der Waals surface area contributed by atoms with Crippen LogP contribution in [-0.2, 0) is 20.1 Å². The SMILES string of the molecule is Fc1ccc2c(c1)oc1c(-c3nc4ncc(-c5ccccc5)cc4n3-c3ccccc3)[c-]ccc12.[Ir].[c-]1ccccc1-c1ccccn1. The number of hydrogen-bond acceptors (Lipinski definition) is 4. The van der Waals surface area contributed by atoms with Crippen LogP contribution in [0.15, 0.2) is 156 Å². The molecule has 0 N–H and O–H groups in total. The molecule has 4 aromatic heterocycles. The Balaban J connectivity index is 0.000000237. The zero-order valence-corrected chi connectivity index (χ0v) is 27.7. The number of pyridine rings is 2. The van der Waals surface area contributed by atoms with E-state index in [4.69, 9.17) is 14.4 Å². The minimum absolute atomic E-state index is 0. The van der Waals surface area contributed by atoms with Gasteiger partial charge in [0.15, 0.2) is 5.65 Å². The Kier molecular flexibility index (Phi) is 8.71. The van der Waals surface area contributed by atoms with Crippen LogP contribution < -0.4 is 0 Å². The summed E-state index contributed by atoms with van der Waals surface area (Å²) in [6, 6.07) is 50.8. The third-order valence-electron chi connectivity index (χ3n) is 7.90. The maximum absolute atomic E-state index is 13.9. The fourth-order valence-electron chi connectivity index (χ4n) is 5.71. The molecule has 0 amide bonds. The average Bonchev–Trinajstić information content (AvgIpc) is 3.71. The van der Waals surface area contributed by atoms with Gasteiger partial charge in [0.05, 0.1) is 16.9 Å². The standard InChI is InChI=1S/C30H17FN3O.C11H8N.Ir/c31-21-14-15-23-24-12-7-13-25(28(24)35-27(23)17-21)30-33-29-26(34(30)22-10-5-2-6-11-22)16-20(18-32-29)19-8-3-1-4-9-19;1-2-6-10(7-3-1)11-8-4-5-9-12-11;/h1-12,14-18H;1-6,8-9H;/q2*-1;. The zero-order chi connectivity index (χ0) is 31.6. The number of aromatic nitrogens is 4. The summed E-state index contributed by atoms with van der Waals surface area (Å²) in [6.45, 7) is 0. The summed E-state index contributed by atoms with van der Waals surface area (Å²) in [6.07, 6.45) is 3.63. The van der Waals surface area contributed by atoms with E-state index < -0.39 is 0 Å². The van der Waals surface area contributed by atoms with Crippen molar-refractivity contribution in [2.45, 2.75) is 0 Å². The van der Waals surface area contributed by atoms with Gasteiger partial charge in [0.25, 0.3) is 0 Å². The Morgan fingerprint density at radius 3 is 2.23 bits per heavy atom. The van der Waals surface area contributed by atoms with Crippen molar-refractivity contribution < 1.29 is 28.9 Å². The van der Waals surface area contributed by atoms with Crippen molar-refractivity contribution >= 4 is 33.1 Å².